The molecule has 0 bridgehead atoms. The van der Waals surface area contributed by atoms with Crippen molar-refractivity contribution in [2.24, 2.45) is 5.92 Å². The lowest BCUT2D eigenvalue weighted by molar-refractivity contribution is 0.0182. The highest BCUT2D eigenvalue weighted by molar-refractivity contribution is 6.00. The Hall–Kier alpha value is -2.37. The van der Waals surface area contributed by atoms with Crippen molar-refractivity contribution in [2.75, 3.05) is 26.2 Å². The summed E-state index contributed by atoms with van der Waals surface area (Å²) < 4.78 is 5.40. The topological polar surface area (TPSA) is 66.9 Å². The fraction of sp³-hybridized carbons (Fsp3) is 0.591. The van der Waals surface area contributed by atoms with Gasteiger partial charge in [0.25, 0.3) is 5.91 Å². The van der Waals surface area contributed by atoms with Crippen molar-refractivity contribution in [2.45, 2.75) is 53.1 Å². The van der Waals surface area contributed by atoms with Crippen LogP contribution in [0.15, 0.2) is 24.3 Å². The average Bonchev–Trinajstić information content (AvgIpc) is 2.67. The molecule has 1 fully saturated rings. The van der Waals surface area contributed by atoms with Crippen molar-refractivity contribution in [1.29, 1.82) is 0 Å². The maximum Gasteiger partial charge on any atom is 0.410 e. The van der Waals surface area contributed by atoms with Crippen LogP contribution in [-0.2, 0) is 4.74 Å². The molecular weight excluding hydrogens is 356 g/mol. The number of rotatable bonds is 5. The first-order chi connectivity index (χ1) is 13.2. The number of hydrogen-bond acceptors (Lipinski definition) is 4. The molecule has 2 amide bonds. The molecule has 0 aromatic heterocycles. The lowest BCUT2D eigenvalue weighted by atomic mass is 9.88. The molecule has 1 aromatic carbocycles. The molecule has 0 N–H and O–H groups in total. The van der Waals surface area contributed by atoms with Gasteiger partial charge in [0.1, 0.15) is 5.60 Å². The molecule has 0 unspecified atom stereocenters. The van der Waals surface area contributed by atoms with Crippen molar-refractivity contribution in [3.8, 4) is 0 Å². The maximum atomic E-state index is 12.8. The van der Waals surface area contributed by atoms with Gasteiger partial charge in [-0.15, -0.1) is 0 Å². The van der Waals surface area contributed by atoms with E-state index >= 15 is 0 Å². The van der Waals surface area contributed by atoms with Crippen molar-refractivity contribution in [1.82, 2.24) is 9.80 Å². The van der Waals surface area contributed by atoms with Crippen LogP contribution in [0, 0.1) is 5.92 Å². The van der Waals surface area contributed by atoms with Gasteiger partial charge in [0.15, 0.2) is 5.78 Å². The number of piperidine rings is 1. The van der Waals surface area contributed by atoms with Crippen LogP contribution in [0.5, 0.6) is 0 Å². The van der Waals surface area contributed by atoms with Crippen molar-refractivity contribution in [3.63, 3.8) is 0 Å². The van der Waals surface area contributed by atoms with Crippen molar-refractivity contribution in [3.05, 3.63) is 35.4 Å². The molecule has 1 aliphatic heterocycles. The van der Waals surface area contributed by atoms with Gasteiger partial charge in [0, 0.05) is 43.2 Å². The lowest BCUT2D eigenvalue weighted by Gasteiger charge is -2.33. The number of likely N-dealkylation sites (tertiary alicyclic amines) is 1. The number of ether oxygens (including phenoxy) is 1. The van der Waals surface area contributed by atoms with E-state index in [2.05, 4.69) is 0 Å². The van der Waals surface area contributed by atoms with E-state index in [-0.39, 0.29) is 23.7 Å². The fourth-order valence-corrected chi connectivity index (χ4v) is 3.36. The Balaban J connectivity index is 1.95. The molecule has 1 aliphatic rings. The van der Waals surface area contributed by atoms with Gasteiger partial charge in [-0.1, -0.05) is 12.1 Å². The number of amides is 2. The summed E-state index contributed by atoms with van der Waals surface area (Å²) in [4.78, 5) is 40.8. The van der Waals surface area contributed by atoms with Crippen LogP contribution < -0.4 is 0 Å². The molecule has 6 nitrogen and oxygen atoms in total. The highest BCUT2D eigenvalue weighted by Crippen LogP contribution is 2.23. The Kier molecular flexibility index (Phi) is 7.22. The summed E-state index contributed by atoms with van der Waals surface area (Å²) in [7, 11) is 0. The van der Waals surface area contributed by atoms with E-state index < -0.39 is 5.60 Å². The zero-order valence-electron chi connectivity index (χ0n) is 17.7. The maximum absolute atomic E-state index is 12.8. The van der Waals surface area contributed by atoms with Gasteiger partial charge in [-0.3, -0.25) is 9.59 Å². The first-order valence-corrected chi connectivity index (χ1v) is 10.1. The molecule has 1 heterocycles. The molecule has 1 saturated heterocycles. The quantitative estimate of drug-likeness (QED) is 0.715. The summed E-state index contributed by atoms with van der Waals surface area (Å²) in [5.74, 6) is -0.0524. The van der Waals surface area contributed by atoms with Gasteiger partial charge in [-0.05, 0) is 59.6 Å². The Morgan fingerprint density at radius 2 is 1.50 bits per heavy atom. The second-order valence-corrected chi connectivity index (χ2v) is 8.16. The van der Waals surface area contributed by atoms with Gasteiger partial charge in [0.05, 0.1) is 0 Å². The zero-order valence-corrected chi connectivity index (χ0v) is 17.7. The van der Waals surface area contributed by atoms with Crippen LogP contribution in [0.1, 0.15) is 68.2 Å². The minimum atomic E-state index is -0.520. The zero-order chi connectivity index (χ0) is 20.9. The molecule has 0 atom stereocenters. The third-order valence-electron chi connectivity index (χ3n) is 4.98. The van der Waals surface area contributed by atoms with Gasteiger partial charge < -0.3 is 14.5 Å². The molecule has 0 radical (unpaired) electrons. The first kappa shape index (κ1) is 21.9. The Labute approximate surface area is 167 Å². The van der Waals surface area contributed by atoms with Crippen LogP contribution in [0.25, 0.3) is 0 Å². The van der Waals surface area contributed by atoms with Crippen molar-refractivity contribution < 1.29 is 19.1 Å². The molecule has 0 spiro atoms. The van der Waals surface area contributed by atoms with Gasteiger partial charge in [-0.2, -0.15) is 0 Å². The number of hydrogen-bond donors (Lipinski definition) is 0. The fourth-order valence-electron chi connectivity index (χ4n) is 3.36. The van der Waals surface area contributed by atoms with E-state index in [0.29, 0.717) is 50.1 Å². The summed E-state index contributed by atoms with van der Waals surface area (Å²) >= 11 is 0. The molecule has 2 rings (SSSR count). The lowest BCUT2D eigenvalue weighted by Crippen LogP contribution is -2.43. The molecule has 1 aromatic rings. The molecule has 154 valence electrons. The third kappa shape index (κ3) is 5.57. The molecular formula is C22H32N2O4. The highest BCUT2D eigenvalue weighted by Gasteiger charge is 2.30. The summed E-state index contributed by atoms with van der Waals surface area (Å²) in [5.41, 5.74) is 0.695. The Bertz CT molecular complexity index is 694. The second-order valence-electron chi connectivity index (χ2n) is 8.16. The standard InChI is InChI=1S/C22H32N2O4/c1-6-23(7-2)20(26)18-10-8-16(9-11-18)19(25)17-12-14-24(15-13-17)21(27)28-22(3,4)5/h8-11,17H,6-7,12-15H2,1-5H3. The number of nitrogens with zero attached hydrogens (tertiary/aromatic N) is 2. The van der Waals surface area contributed by atoms with E-state index in [4.69, 9.17) is 4.74 Å². The summed E-state index contributed by atoms with van der Waals surface area (Å²) in [6.07, 6.45) is 0.925. The monoisotopic (exact) mass is 388 g/mol. The number of carbonyl (C=O) groups is 3. The predicted molar refractivity (Wildman–Crippen MR) is 109 cm³/mol. The number of Topliss-reactive ketones (excluding diaryl/α,β-unsaturated/α-hetero) is 1. The minimum Gasteiger partial charge on any atom is -0.444 e. The van der Waals surface area contributed by atoms with Gasteiger partial charge in [0.2, 0.25) is 0 Å². The highest BCUT2D eigenvalue weighted by atomic mass is 16.6. The number of ketones is 1. The average molecular weight is 389 g/mol. The molecule has 6 heteroatoms. The Morgan fingerprint density at radius 1 is 1.00 bits per heavy atom. The SMILES string of the molecule is CCN(CC)C(=O)c1ccc(C(=O)C2CCN(C(=O)OC(C)(C)C)CC2)cc1. The predicted octanol–water partition coefficient (Wildman–Crippen LogP) is 4.00. The van der Waals surface area contributed by atoms with E-state index in [0.717, 1.165) is 0 Å². The summed E-state index contributed by atoms with van der Waals surface area (Å²) in [5, 5.41) is 0. The van der Waals surface area contributed by atoms with Crippen LogP contribution in [-0.4, -0.2) is 59.4 Å². The van der Waals surface area contributed by atoms with Gasteiger partial charge in [-0.25, -0.2) is 4.79 Å². The van der Waals surface area contributed by atoms with Crippen molar-refractivity contribution >= 4 is 17.8 Å². The molecule has 28 heavy (non-hydrogen) atoms. The number of benzene rings is 1. The smallest absolute Gasteiger partial charge is 0.410 e. The third-order valence-corrected chi connectivity index (χ3v) is 4.98. The Morgan fingerprint density at radius 3 is 1.96 bits per heavy atom. The normalized spacial score (nSPS) is 15.2. The first-order valence-electron chi connectivity index (χ1n) is 10.1. The summed E-state index contributed by atoms with van der Waals surface area (Å²) in [6, 6.07) is 6.92. The van der Waals surface area contributed by atoms with E-state index in [1.165, 1.54) is 0 Å². The van der Waals surface area contributed by atoms with Gasteiger partial charge >= 0.3 is 6.09 Å². The van der Waals surface area contributed by atoms with E-state index in [1.54, 1.807) is 34.1 Å². The molecule has 0 aliphatic carbocycles. The summed E-state index contributed by atoms with van der Waals surface area (Å²) in [6.45, 7) is 11.8. The van der Waals surface area contributed by atoms with E-state index in [1.807, 2.05) is 34.6 Å². The van der Waals surface area contributed by atoms with Crippen LogP contribution in [0.3, 0.4) is 0 Å². The van der Waals surface area contributed by atoms with E-state index in [9.17, 15) is 14.4 Å². The molecule has 0 saturated carbocycles. The largest absolute Gasteiger partial charge is 0.444 e. The van der Waals surface area contributed by atoms with Crippen LogP contribution in [0.4, 0.5) is 4.79 Å². The second kappa shape index (κ2) is 9.22. The van der Waals surface area contributed by atoms with Crippen LogP contribution in [0.2, 0.25) is 0 Å². The minimum absolute atomic E-state index is 0.0188. The number of carbonyl (C=O) groups excluding carboxylic acids is 3. The van der Waals surface area contributed by atoms with Crippen LogP contribution >= 0.6 is 0 Å².